The van der Waals surface area contributed by atoms with Gasteiger partial charge in [0.1, 0.15) is 5.82 Å². The normalized spacial score (nSPS) is 17.5. The summed E-state index contributed by atoms with van der Waals surface area (Å²) in [4.78, 5) is 14.3. The molecule has 0 aliphatic carbocycles. The molecule has 26 heavy (non-hydrogen) atoms. The SMILES string of the molecule is O=C(c1ccco1)N1CCC2(CC1)Nc1cc(F)ccc1-n1cccc12. The van der Waals surface area contributed by atoms with Crippen molar-refractivity contribution in [2.45, 2.75) is 18.4 Å². The van der Waals surface area contributed by atoms with Gasteiger partial charge in [0.2, 0.25) is 0 Å². The number of piperidine rings is 1. The summed E-state index contributed by atoms with van der Waals surface area (Å²) >= 11 is 0. The molecule has 0 bridgehead atoms. The van der Waals surface area contributed by atoms with Gasteiger partial charge in [-0.05, 0) is 55.3 Å². The molecule has 2 aromatic heterocycles. The molecule has 1 spiro atoms. The first-order valence-corrected chi connectivity index (χ1v) is 8.75. The van der Waals surface area contributed by atoms with Crippen LogP contribution in [0.2, 0.25) is 0 Å². The van der Waals surface area contributed by atoms with Crippen molar-refractivity contribution < 1.29 is 13.6 Å². The number of halogens is 1. The van der Waals surface area contributed by atoms with E-state index in [2.05, 4.69) is 16.0 Å². The monoisotopic (exact) mass is 351 g/mol. The molecule has 0 atom stereocenters. The van der Waals surface area contributed by atoms with E-state index in [0.29, 0.717) is 18.8 Å². The third kappa shape index (κ3) is 2.18. The molecule has 4 heterocycles. The average Bonchev–Trinajstić information content (AvgIpc) is 3.34. The summed E-state index contributed by atoms with van der Waals surface area (Å²) in [7, 11) is 0. The maximum atomic E-state index is 13.8. The lowest BCUT2D eigenvalue weighted by atomic mass is 9.82. The van der Waals surface area contributed by atoms with Gasteiger partial charge in [-0.15, -0.1) is 0 Å². The lowest BCUT2D eigenvalue weighted by Gasteiger charge is -2.46. The number of carbonyl (C=O) groups is 1. The number of furan rings is 1. The van der Waals surface area contributed by atoms with Crippen molar-refractivity contribution in [3.05, 3.63) is 72.2 Å². The fourth-order valence-corrected chi connectivity index (χ4v) is 4.15. The topological polar surface area (TPSA) is 50.4 Å². The number of likely N-dealkylation sites (tertiary alicyclic amines) is 1. The number of hydrogen-bond donors (Lipinski definition) is 1. The van der Waals surface area contributed by atoms with Gasteiger partial charge in [-0.1, -0.05) is 0 Å². The van der Waals surface area contributed by atoms with Gasteiger partial charge in [0.05, 0.1) is 23.2 Å². The van der Waals surface area contributed by atoms with Crippen LogP contribution in [-0.2, 0) is 5.54 Å². The van der Waals surface area contributed by atoms with Crippen molar-refractivity contribution >= 4 is 11.6 Å². The number of amides is 1. The van der Waals surface area contributed by atoms with Crippen molar-refractivity contribution in [1.82, 2.24) is 9.47 Å². The second kappa shape index (κ2) is 5.49. The molecule has 1 N–H and O–H groups in total. The number of aromatic nitrogens is 1. The van der Waals surface area contributed by atoms with Gasteiger partial charge in [-0.2, -0.15) is 0 Å². The molecule has 0 unspecified atom stereocenters. The first kappa shape index (κ1) is 15.3. The smallest absolute Gasteiger partial charge is 0.289 e. The number of anilines is 1. The lowest BCUT2D eigenvalue weighted by Crippen LogP contribution is -2.51. The van der Waals surface area contributed by atoms with Crippen LogP contribution in [0.25, 0.3) is 5.69 Å². The van der Waals surface area contributed by atoms with Crippen LogP contribution in [0.4, 0.5) is 10.1 Å². The number of benzene rings is 1. The third-order valence-electron chi connectivity index (χ3n) is 5.47. The standard InChI is InChI=1S/C20H18FN3O2/c21-14-5-6-16-15(13-14)22-20(18-4-1-9-24(16)18)7-10-23(11-8-20)19(25)17-3-2-12-26-17/h1-6,9,12-13,22H,7-8,10-11H2. The van der Waals surface area contributed by atoms with Crippen molar-refractivity contribution in [1.29, 1.82) is 0 Å². The number of rotatable bonds is 1. The molecule has 5 nitrogen and oxygen atoms in total. The van der Waals surface area contributed by atoms with Gasteiger partial charge in [-0.3, -0.25) is 4.79 Å². The molecule has 132 valence electrons. The van der Waals surface area contributed by atoms with Gasteiger partial charge >= 0.3 is 0 Å². The van der Waals surface area contributed by atoms with E-state index in [0.717, 1.165) is 29.9 Å². The maximum absolute atomic E-state index is 13.8. The van der Waals surface area contributed by atoms with E-state index in [-0.39, 0.29) is 17.3 Å². The first-order valence-electron chi connectivity index (χ1n) is 8.75. The van der Waals surface area contributed by atoms with Crippen molar-refractivity contribution in [3.8, 4) is 5.69 Å². The molecule has 2 aliphatic heterocycles. The van der Waals surface area contributed by atoms with Gasteiger partial charge in [0.25, 0.3) is 5.91 Å². The predicted octanol–water partition coefficient (Wildman–Crippen LogP) is 3.77. The fourth-order valence-electron chi connectivity index (χ4n) is 4.15. The Morgan fingerprint density at radius 2 is 2.00 bits per heavy atom. The van der Waals surface area contributed by atoms with Gasteiger partial charge < -0.3 is 19.2 Å². The van der Waals surface area contributed by atoms with E-state index in [1.54, 1.807) is 24.3 Å². The highest BCUT2D eigenvalue weighted by molar-refractivity contribution is 5.91. The van der Waals surface area contributed by atoms with Crippen molar-refractivity contribution in [2.24, 2.45) is 0 Å². The van der Waals surface area contributed by atoms with Gasteiger partial charge in [0.15, 0.2) is 5.76 Å². The molecule has 3 aromatic rings. The minimum absolute atomic E-state index is 0.0810. The molecule has 1 aromatic carbocycles. The Bertz CT molecular complexity index is 969. The molecule has 1 fully saturated rings. The quantitative estimate of drug-likeness (QED) is 0.726. The Morgan fingerprint density at radius 3 is 2.77 bits per heavy atom. The second-order valence-corrected chi connectivity index (χ2v) is 6.90. The van der Waals surface area contributed by atoms with E-state index in [1.807, 2.05) is 17.2 Å². The number of fused-ring (bicyclic) bond motifs is 4. The highest BCUT2D eigenvalue weighted by Crippen LogP contribution is 2.43. The Morgan fingerprint density at radius 1 is 1.15 bits per heavy atom. The zero-order valence-corrected chi connectivity index (χ0v) is 14.1. The predicted molar refractivity (Wildman–Crippen MR) is 94.9 cm³/mol. The Kier molecular flexibility index (Phi) is 3.22. The first-order chi connectivity index (χ1) is 12.7. The molecule has 1 saturated heterocycles. The summed E-state index contributed by atoms with van der Waals surface area (Å²) in [5, 5.41) is 3.57. The largest absolute Gasteiger partial charge is 0.459 e. The van der Waals surface area contributed by atoms with Crippen LogP contribution in [0, 0.1) is 5.82 Å². The van der Waals surface area contributed by atoms with E-state index in [4.69, 9.17) is 4.42 Å². The fraction of sp³-hybridized carbons (Fsp3) is 0.250. The summed E-state index contributed by atoms with van der Waals surface area (Å²) in [6, 6.07) is 12.3. The van der Waals surface area contributed by atoms with Crippen molar-refractivity contribution in [3.63, 3.8) is 0 Å². The summed E-state index contributed by atoms with van der Waals surface area (Å²) in [5.41, 5.74) is 2.59. The minimum Gasteiger partial charge on any atom is -0.459 e. The maximum Gasteiger partial charge on any atom is 0.289 e. The Hall–Kier alpha value is -3.02. The zero-order chi connectivity index (χ0) is 17.7. The molecular formula is C20H18FN3O2. The highest BCUT2D eigenvalue weighted by Gasteiger charge is 2.42. The molecule has 0 saturated carbocycles. The van der Waals surface area contributed by atoms with Gasteiger partial charge in [-0.25, -0.2) is 4.39 Å². The van der Waals surface area contributed by atoms with Crippen LogP contribution >= 0.6 is 0 Å². The Balaban J connectivity index is 1.45. The summed E-state index contributed by atoms with van der Waals surface area (Å²) in [5.74, 6) is 0.0308. The van der Waals surface area contributed by atoms with Crippen LogP contribution in [-0.4, -0.2) is 28.5 Å². The number of hydrogen-bond acceptors (Lipinski definition) is 3. The van der Waals surface area contributed by atoms with E-state index in [9.17, 15) is 9.18 Å². The summed E-state index contributed by atoms with van der Waals surface area (Å²) < 4.78 is 21.1. The summed E-state index contributed by atoms with van der Waals surface area (Å²) in [6.45, 7) is 1.23. The number of carbonyl (C=O) groups excluding carboxylic acids is 1. The Labute approximate surface area is 150 Å². The second-order valence-electron chi connectivity index (χ2n) is 6.90. The van der Waals surface area contributed by atoms with Crippen LogP contribution < -0.4 is 5.32 Å². The van der Waals surface area contributed by atoms with E-state index < -0.39 is 0 Å². The lowest BCUT2D eigenvalue weighted by molar-refractivity contribution is 0.0644. The highest BCUT2D eigenvalue weighted by atomic mass is 19.1. The number of nitrogens with one attached hydrogen (secondary N) is 1. The zero-order valence-electron chi connectivity index (χ0n) is 14.1. The average molecular weight is 351 g/mol. The molecule has 6 heteroatoms. The minimum atomic E-state index is -0.301. The van der Waals surface area contributed by atoms with Crippen LogP contribution in [0.5, 0.6) is 0 Å². The molecule has 1 amide bonds. The number of nitrogens with zero attached hydrogens (tertiary/aromatic N) is 2. The third-order valence-corrected chi connectivity index (χ3v) is 5.47. The molecule has 5 rings (SSSR count). The van der Waals surface area contributed by atoms with Gasteiger partial charge in [0, 0.05) is 25.0 Å². The van der Waals surface area contributed by atoms with Crippen LogP contribution in [0.3, 0.4) is 0 Å². The van der Waals surface area contributed by atoms with E-state index >= 15 is 0 Å². The summed E-state index contributed by atoms with van der Waals surface area (Å²) in [6.07, 6.45) is 5.02. The molecule has 2 aliphatic rings. The van der Waals surface area contributed by atoms with Crippen molar-refractivity contribution in [2.75, 3.05) is 18.4 Å². The molecule has 0 radical (unpaired) electrons. The van der Waals surface area contributed by atoms with Crippen LogP contribution in [0.1, 0.15) is 29.1 Å². The van der Waals surface area contributed by atoms with Crippen LogP contribution in [0.15, 0.2) is 59.3 Å². The molecular weight excluding hydrogens is 333 g/mol. The van der Waals surface area contributed by atoms with E-state index in [1.165, 1.54) is 12.3 Å².